The lowest BCUT2D eigenvalue weighted by atomic mass is 9.73. The summed E-state index contributed by atoms with van der Waals surface area (Å²) in [6.45, 7) is 0. The van der Waals surface area contributed by atoms with E-state index in [1.54, 1.807) is 0 Å². The Balaban J connectivity index is 1.02. The first-order valence-corrected chi connectivity index (χ1v) is 22.4. The summed E-state index contributed by atoms with van der Waals surface area (Å²) in [5, 5.41) is 9.29. The normalized spacial score (nSPS) is 14.2. The molecule has 11 aromatic rings. The molecule has 3 aliphatic rings. The van der Waals surface area contributed by atoms with Gasteiger partial charge in [-0.05, 0) is 182 Å². The average molecular weight is 791 g/mol. The molecule has 9 aromatic carbocycles. The Labute approximate surface area is 360 Å². The quantitative estimate of drug-likeness (QED) is 0.168. The maximum atomic E-state index is 2.65. The Kier molecular flexibility index (Phi) is 7.22. The number of aryl methyl sites for hydroxylation is 4. The highest BCUT2D eigenvalue weighted by Crippen LogP contribution is 2.52. The van der Waals surface area contributed by atoms with Gasteiger partial charge in [0.2, 0.25) is 0 Å². The zero-order valence-corrected chi connectivity index (χ0v) is 34.5. The van der Waals surface area contributed by atoms with Gasteiger partial charge in [0.05, 0.1) is 16.6 Å². The third-order valence-electron chi connectivity index (χ3n) is 14.5. The maximum absolute atomic E-state index is 2.65. The molecule has 3 aliphatic carbocycles. The second-order valence-corrected chi connectivity index (χ2v) is 17.8. The molecule has 0 spiro atoms. The Morgan fingerprint density at radius 2 is 0.887 bits per heavy atom. The van der Waals surface area contributed by atoms with E-state index in [1.165, 1.54) is 133 Å². The van der Waals surface area contributed by atoms with Crippen molar-refractivity contribution in [1.29, 1.82) is 0 Å². The number of hydrogen-bond donors (Lipinski definition) is 0. The third-order valence-corrected chi connectivity index (χ3v) is 14.5. The minimum Gasteiger partial charge on any atom is -0.313 e. The SMILES string of the molecule is C1=C(c2ccc3ccccc3c2)CCc2c1c1cc3c4c(c1n2-c1ccccc1)CCc1c-4c(cc2c4cc(-c5ccc6ccccc6c5)ccc4n(-c4ccccc4)c12)CC3. The lowest BCUT2D eigenvalue weighted by Crippen LogP contribution is -2.16. The molecule has 2 nitrogen and oxygen atoms in total. The van der Waals surface area contributed by atoms with Crippen LogP contribution < -0.4 is 0 Å². The molecule has 292 valence electrons. The highest BCUT2D eigenvalue weighted by Gasteiger charge is 2.34. The van der Waals surface area contributed by atoms with E-state index in [-0.39, 0.29) is 0 Å². The van der Waals surface area contributed by atoms with Crippen LogP contribution >= 0.6 is 0 Å². The first-order chi connectivity index (χ1) is 30.7. The van der Waals surface area contributed by atoms with Crippen LogP contribution in [0.3, 0.4) is 0 Å². The summed E-state index contributed by atoms with van der Waals surface area (Å²) in [6.07, 6.45) is 8.73. The summed E-state index contributed by atoms with van der Waals surface area (Å²) >= 11 is 0. The van der Waals surface area contributed by atoms with Gasteiger partial charge >= 0.3 is 0 Å². The number of para-hydroxylation sites is 2. The van der Waals surface area contributed by atoms with E-state index in [9.17, 15) is 0 Å². The van der Waals surface area contributed by atoms with E-state index in [0.29, 0.717) is 0 Å². The van der Waals surface area contributed by atoms with Crippen molar-refractivity contribution in [3.8, 4) is 33.6 Å². The van der Waals surface area contributed by atoms with E-state index in [0.717, 1.165) is 38.5 Å². The van der Waals surface area contributed by atoms with E-state index in [2.05, 4.69) is 191 Å². The number of aromatic nitrogens is 2. The van der Waals surface area contributed by atoms with Crippen molar-refractivity contribution < 1.29 is 0 Å². The molecule has 0 saturated carbocycles. The molecule has 0 fully saturated rings. The number of benzene rings is 9. The third kappa shape index (κ3) is 4.92. The van der Waals surface area contributed by atoms with Gasteiger partial charge in [-0.2, -0.15) is 0 Å². The minimum atomic E-state index is 1.01. The van der Waals surface area contributed by atoms with Crippen molar-refractivity contribution in [1.82, 2.24) is 9.13 Å². The van der Waals surface area contributed by atoms with Crippen molar-refractivity contribution in [2.24, 2.45) is 0 Å². The van der Waals surface area contributed by atoms with Crippen molar-refractivity contribution in [2.45, 2.75) is 38.5 Å². The van der Waals surface area contributed by atoms with Crippen molar-refractivity contribution in [3.63, 3.8) is 0 Å². The van der Waals surface area contributed by atoms with Crippen molar-refractivity contribution in [2.75, 3.05) is 0 Å². The number of nitrogens with zero attached hydrogens (tertiary/aromatic N) is 2. The van der Waals surface area contributed by atoms with E-state index < -0.39 is 0 Å². The van der Waals surface area contributed by atoms with Crippen LogP contribution in [0.4, 0.5) is 0 Å². The van der Waals surface area contributed by atoms with Crippen LogP contribution in [0.15, 0.2) is 176 Å². The monoisotopic (exact) mass is 790 g/mol. The number of rotatable bonds is 4. The predicted octanol–water partition coefficient (Wildman–Crippen LogP) is 15.1. The van der Waals surface area contributed by atoms with E-state index >= 15 is 0 Å². The zero-order valence-electron chi connectivity index (χ0n) is 34.5. The van der Waals surface area contributed by atoms with Crippen LogP contribution in [-0.4, -0.2) is 9.13 Å². The highest BCUT2D eigenvalue weighted by atomic mass is 15.0. The van der Waals surface area contributed by atoms with Gasteiger partial charge in [0.1, 0.15) is 0 Å². The number of hydrogen-bond acceptors (Lipinski definition) is 0. The fourth-order valence-corrected chi connectivity index (χ4v) is 11.8. The molecule has 0 bridgehead atoms. The maximum Gasteiger partial charge on any atom is 0.0579 e. The molecule has 0 amide bonds. The lowest BCUT2D eigenvalue weighted by Gasteiger charge is -2.31. The van der Waals surface area contributed by atoms with Crippen LogP contribution in [0.5, 0.6) is 0 Å². The lowest BCUT2D eigenvalue weighted by molar-refractivity contribution is 0.870. The standard InChI is InChI=1S/C60H42N2/c1-3-15-47(16-4-1)61-55-29-25-43(41-21-19-37-11-7-9-13-39(37)31-41)33-51(55)53-35-45-23-24-46-36-54-52-34-44(42-22-20-38-12-8-10-14-40(38)32-42)26-30-56(52)62(48-17-5-2-6-18-48)60(54)50-28-27-49(59(53)61)57(45)58(46)50/h1-22,25,29,31-36H,23-24,26-28,30H2. The topological polar surface area (TPSA) is 9.86 Å². The average Bonchev–Trinajstić information content (AvgIpc) is 3.85. The summed E-state index contributed by atoms with van der Waals surface area (Å²) in [7, 11) is 0. The molecule has 0 saturated heterocycles. The molecule has 0 radical (unpaired) electrons. The predicted molar refractivity (Wildman–Crippen MR) is 261 cm³/mol. The highest BCUT2D eigenvalue weighted by molar-refractivity contribution is 6.15. The molecular formula is C60H42N2. The van der Waals surface area contributed by atoms with Gasteiger partial charge in [0, 0.05) is 38.8 Å². The molecule has 2 aromatic heterocycles. The Morgan fingerprint density at radius 1 is 0.355 bits per heavy atom. The molecule has 0 unspecified atom stereocenters. The summed E-state index contributed by atoms with van der Waals surface area (Å²) in [4.78, 5) is 0. The Bertz CT molecular complexity index is 3730. The first kappa shape index (κ1) is 34.3. The second kappa shape index (κ2) is 13.0. The van der Waals surface area contributed by atoms with Gasteiger partial charge in [-0.25, -0.2) is 0 Å². The summed E-state index contributed by atoms with van der Waals surface area (Å²) in [6, 6.07) is 66.0. The molecule has 2 heteroatoms. The van der Waals surface area contributed by atoms with Crippen LogP contribution in [-0.2, 0) is 32.1 Å². The van der Waals surface area contributed by atoms with Crippen LogP contribution in [0.1, 0.15) is 45.5 Å². The summed E-state index contributed by atoms with van der Waals surface area (Å²) in [5.74, 6) is 0. The van der Waals surface area contributed by atoms with Gasteiger partial charge in [-0.1, -0.05) is 115 Å². The fourth-order valence-electron chi connectivity index (χ4n) is 11.8. The van der Waals surface area contributed by atoms with Gasteiger partial charge in [0.15, 0.2) is 0 Å². The largest absolute Gasteiger partial charge is 0.313 e. The van der Waals surface area contributed by atoms with E-state index in [4.69, 9.17) is 0 Å². The fraction of sp³-hybridized carbons (Fsp3) is 0.100. The summed E-state index contributed by atoms with van der Waals surface area (Å²) < 4.78 is 5.23. The van der Waals surface area contributed by atoms with Gasteiger partial charge in [-0.3, -0.25) is 0 Å². The number of fused-ring (bicyclic) bond motifs is 10. The molecule has 14 rings (SSSR count). The molecule has 0 atom stereocenters. The Hall–Kier alpha value is -7.42. The minimum absolute atomic E-state index is 1.01. The first-order valence-electron chi connectivity index (χ1n) is 22.4. The van der Waals surface area contributed by atoms with Gasteiger partial charge in [-0.15, -0.1) is 0 Å². The number of allylic oxidation sites excluding steroid dienone is 1. The molecule has 0 aliphatic heterocycles. The molecule has 0 N–H and O–H groups in total. The molecule has 62 heavy (non-hydrogen) atoms. The Morgan fingerprint density at radius 3 is 1.56 bits per heavy atom. The zero-order chi connectivity index (χ0) is 40.5. The van der Waals surface area contributed by atoms with Crippen molar-refractivity contribution >= 4 is 65.9 Å². The van der Waals surface area contributed by atoms with Gasteiger partial charge in [0.25, 0.3) is 0 Å². The van der Waals surface area contributed by atoms with Crippen LogP contribution in [0.2, 0.25) is 0 Å². The van der Waals surface area contributed by atoms with Crippen molar-refractivity contribution in [3.05, 3.63) is 215 Å². The van der Waals surface area contributed by atoms with Crippen LogP contribution in [0, 0.1) is 0 Å². The second-order valence-electron chi connectivity index (χ2n) is 17.8. The molecule has 2 heterocycles. The molecular weight excluding hydrogens is 749 g/mol. The van der Waals surface area contributed by atoms with Gasteiger partial charge < -0.3 is 9.13 Å². The van der Waals surface area contributed by atoms with E-state index in [1.807, 2.05) is 0 Å². The smallest absolute Gasteiger partial charge is 0.0579 e. The van der Waals surface area contributed by atoms with Crippen LogP contribution in [0.25, 0.3) is 99.5 Å². The summed E-state index contributed by atoms with van der Waals surface area (Å²) in [5.41, 5.74) is 23.8.